The molecule has 0 saturated heterocycles. The molecule has 0 spiro atoms. The molecule has 158 valence electrons. The number of rotatable bonds is 6. The van der Waals surface area contributed by atoms with Gasteiger partial charge in [-0.2, -0.15) is 0 Å². The number of hydrogen-bond acceptors (Lipinski definition) is 4. The molecule has 2 aromatic rings. The molecule has 9 heteroatoms. The molecule has 0 aromatic heterocycles. The summed E-state index contributed by atoms with van der Waals surface area (Å²) in [5, 5.41) is 21.4. The Morgan fingerprint density at radius 1 is 1.20 bits per heavy atom. The van der Waals surface area contributed by atoms with Crippen LogP contribution in [0.5, 0.6) is 0 Å². The normalized spacial score (nSPS) is 17.1. The van der Waals surface area contributed by atoms with Crippen LogP contribution in [0.3, 0.4) is 0 Å². The van der Waals surface area contributed by atoms with E-state index in [0.717, 1.165) is 16.7 Å². The summed E-state index contributed by atoms with van der Waals surface area (Å²) >= 11 is 12.6. The van der Waals surface area contributed by atoms with Gasteiger partial charge in [-0.05, 0) is 48.0 Å². The first kappa shape index (κ1) is 22.1. The fourth-order valence-corrected chi connectivity index (χ4v) is 4.21. The predicted molar refractivity (Wildman–Crippen MR) is 112 cm³/mol. The van der Waals surface area contributed by atoms with Crippen LogP contribution in [0.15, 0.2) is 36.4 Å². The number of nitrogens with one attached hydrogen (secondary N) is 1. The lowest BCUT2D eigenvalue weighted by molar-refractivity contribution is -0.145. The number of aliphatic carboxylic acids is 2. The van der Waals surface area contributed by atoms with Crippen LogP contribution in [0.2, 0.25) is 10.0 Å². The van der Waals surface area contributed by atoms with E-state index in [1.54, 1.807) is 24.3 Å². The number of benzene rings is 2. The zero-order valence-electron chi connectivity index (χ0n) is 16.1. The first-order valence-electron chi connectivity index (χ1n) is 9.17. The minimum atomic E-state index is -1.52. The van der Waals surface area contributed by atoms with Gasteiger partial charge in [0.25, 0.3) is 5.91 Å². The van der Waals surface area contributed by atoms with E-state index in [2.05, 4.69) is 10.2 Å². The maximum atomic E-state index is 12.6. The van der Waals surface area contributed by atoms with Gasteiger partial charge in [0.15, 0.2) is 0 Å². The SMILES string of the molecule is CN1Cc2c(Cl)cc(Cl)cc2[C@H](c2cccc(C(=O)NC(CC(=O)O)C(=O)O)c2)C1. The van der Waals surface area contributed by atoms with E-state index in [-0.39, 0.29) is 11.5 Å². The van der Waals surface area contributed by atoms with Crippen molar-refractivity contribution in [3.63, 3.8) is 0 Å². The Morgan fingerprint density at radius 3 is 2.60 bits per heavy atom. The molecule has 1 aliphatic heterocycles. The van der Waals surface area contributed by atoms with Crippen LogP contribution in [0.1, 0.15) is 39.4 Å². The van der Waals surface area contributed by atoms with E-state index < -0.39 is 30.3 Å². The van der Waals surface area contributed by atoms with E-state index in [9.17, 15) is 14.4 Å². The molecule has 1 unspecified atom stereocenters. The fourth-order valence-electron chi connectivity index (χ4n) is 3.64. The van der Waals surface area contributed by atoms with Crippen LogP contribution in [-0.4, -0.2) is 52.6 Å². The standard InChI is InChI=1S/C21H20Cl2N2O5/c1-25-9-15(14-6-13(22)7-17(23)16(14)10-25)11-3-2-4-12(5-11)20(28)24-18(21(29)30)8-19(26)27/h2-7,15,18H,8-10H2,1H3,(H,24,28)(H,26,27)(H,29,30)/t15-,18?/m0/s1. The second-order valence-electron chi connectivity index (χ2n) is 7.29. The molecule has 0 bridgehead atoms. The third-order valence-electron chi connectivity index (χ3n) is 5.03. The van der Waals surface area contributed by atoms with E-state index in [0.29, 0.717) is 23.1 Å². The van der Waals surface area contributed by atoms with Gasteiger partial charge in [-0.1, -0.05) is 35.3 Å². The van der Waals surface area contributed by atoms with Gasteiger partial charge in [0.05, 0.1) is 6.42 Å². The van der Waals surface area contributed by atoms with Crippen molar-refractivity contribution in [2.24, 2.45) is 0 Å². The molecule has 0 radical (unpaired) electrons. The van der Waals surface area contributed by atoms with Crippen molar-refractivity contribution in [2.45, 2.75) is 24.9 Å². The molecule has 0 fully saturated rings. The summed E-state index contributed by atoms with van der Waals surface area (Å²) in [7, 11) is 1.97. The first-order valence-corrected chi connectivity index (χ1v) is 9.93. The van der Waals surface area contributed by atoms with Crippen LogP contribution in [0.25, 0.3) is 0 Å². The molecule has 1 aliphatic rings. The van der Waals surface area contributed by atoms with Gasteiger partial charge >= 0.3 is 11.9 Å². The number of carbonyl (C=O) groups is 3. The monoisotopic (exact) mass is 450 g/mol. The van der Waals surface area contributed by atoms with E-state index in [4.69, 9.17) is 33.4 Å². The molecule has 0 saturated carbocycles. The van der Waals surface area contributed by atoms with Crippen molar-refractivity contribution in [1.29, 1.82) is 0 Å². The quantitative estimate of drug-likeness (QED) is 0.623. The Hall–Kier alpha value is -2.61. The first-order chi connectivity index (χ1) is 14.2. The summed E-state index contributed by atoms with van der Waals surface area (Å²) in [4.78, 5) is 36.8. The average molecular weight is 451 g/mol. The van der Waals surface area contributed by atoms with Gasteiger partial charge in [-0.25, -0.2) is 4.79 Å². The Bertz CT molecular complexity index is 1010. The van der Waals surface area contributed by atoms with E-state index in [1.807, 2.05) is 19.2 Å². The third-order valence-corrected chi connectivity index (χ3v) is 5.58. The number of carbonyl (C=O) groups excluding carboxylic acids is 1. The van der Waals surface area contributed by atoms with Crippen LogP contribution < -0.4 is 5.32 Å². The molecule has 2 atom stereocenters. The highest BCUT2D eigenvalue weighted by atomic mass is 35.5. The number of fused-ring (bicyclic) bond motifs is 1. The van der Waals surface area contributed by atoms with Crippen molar-refractivity contribution >= 4 is 41.0 Å². The Labute approximate surface area is 183 Å². The number of carboxylic acids is 2. The Balaban J connectivity index is 1.92. The predicted octanol–water partition coefficient (Wildman–Crippen LogP) is 3.23. The second kappa shape index (κ2) is 9.04. The summed E-state index contributed by atoms with van der Waals surface area (Å²) in [5.74, 6) is -3.46. The minimum Gasteiger partial charge on any atom is -0.481 e. The fraction of sp³-hybridized carbons (Fsp3) is 0.286. The average Bonchev–Trinajstić information content (AvgIpc) is 2.67. The molecule has 0 aliphatic carbocycles. The van der Waals surface area contributed by atoms with Crippen LogP contribution in [0.4, 0.5) is 0 Å². The molecule has 30 heavy (non-hydrogen) atoms. The smallest absolute Gasteiger partial charge is 0.326 e. The van der Waals surface area contributed by atoms with E-state index in [1.165, 1.54) is 0 Å². The second-order valence-corrected chi connectivity index (χ2v) is 8.14. The largest absolute Gasteiger partial charge is 0.481 e. The summed E-state index contributed by atoms with van der Waals surface area (Å²) in [6, 6.07) is 8.88. The van der Waals surface area contributed by atoms with Gasteiger partial charge in [0, 0.05) is 34.6 Å². The number of nitrogens with zero attached hydrogens (tertiary/aromatic N) is 1. The Morgan fingerprint density at radius 2 is 1.93 bits per heavy atom. The molecule has 3 N–H and O–H groups in total. The lowest BCUT2D eigenvalue weighted by atomic mass is 9.84. The van der Waals surface area contributed by atoms with Gasteiger partial charge in [-0.3, -0.25) is 9.59 Å². The minimum absolute atomic E-state index is 0.0861. The highest BCUT2D eigenvalue weighted by Gasteiger charge is 2.28. The number of hydrogen-bond donors (Lipinski definition) is 3. The highest BCUT2D eigenvalue weighted by molar-refractivity contribution is 6.35. The maximum Gasteiger partial charge on any atom is 0.326 e. The maximum absolute atomic E-state index is 12.6. The van der Waals surface area contributed by atoms with Crippen LogP contribution in [0, 0.1) is 0 Å². The molecular weight excluding hydrogens is 431 g/mol. The lowest BCUT2D eigenvalue weighted by Gasteiger charge is -2.33. The molecule has 7 nitrogen and oxygen atoms in total. The van der Waals surface area contributed by atoms with Crippen LogP contribution in [-0.2, 0) is 16.1 Å². The highest BCUT2D eigenvalue weighted by Crippen LogP contribution is 2.38. The lowest BCUT2D eigenvalue weighted by Crippen LogP contribution is -2.42. The summed E-state index contributed by atoms with van der Waals surface area (Å²) < 4.78 is 0. The van der Waals surface area contributed by atoms with Crippen molar-refractivity contribution < 1.29 is 24.6 Å². The van der Waals surface area contributed by atoms with Gasteiger partial charge in [0.2, 0.25) is 0 Å². The number of likely N-dealkylation sites (N-methyl/N-ethyl adjacent to an activating group) is 1. The van der Waals surface area contributed by atoms with Gasteiger partial charge in [-0.15, -0.1) is 0 Å². The Kier molecular flexibility index (Phi) is 6.65. The molecule has 1 amide bonds. The van der Waals surface area contributed by atoms with E-state index >= 15 is 0 Å². The van der Waals surface area contributed by atoms with Gasteiger partial charge in [0.1, 0.15) is 6.04 Å². The summed E-state index contributed by atoms with van der Waals surface area (Å²) in [6.07, 6.45) is -0.710. The number of halogens is 2. The zero-order valence-corrected chi connectivity index (χ0v) is 17.6. The molecular formula is C21H20Cl2N2O5. The van der Waals surface area contributed by atoms with Gasteiger partial charge < -0.3 is 20.4 Å². The van der Waals surface area contributed by atoms with Crippen molar-refractivity contribution in [3.8, 4) is 0 Å². The topological polar surface area (TPSA) is 107 Å². The zero-order chi connectivity index (χ0) is 22.0. The third kappa shape index (κ3) is 4.92. The summed E-state index contributed by atoms with van der Waals surface area (Å²) in [5.41, 5.74) is 3.05. The van der Waals surface area contributed by atoms with Crippen molar-refractivity contribution in [1.82, 2.24) is 10.2 Å². The molecule has 2 aromatic carbocycles. The van der Waals surface area contributed by atoms with Crippen LogP contribution >= 0.6 is 23.2 Å². The number of carboxylic acid groups (broad SMARTS) is 2. The summed E-state index contributed by atoms with van der Waals surface area (Å²) in [6.45, 7) is 1.36. The van der Waals surface area contributed by atoms with Crippen molar-refractivity contribution in [2.75, 3.05) is 13.6 Å². The molecule has 1 heterocycles. The number of amides is 1. The molecule has 3 rings (SSSR count). The van der Waals surface area contributed by atoms with Crippen molar-refractivity contribution in [3.05, 3.63) is 68.7 Å².